The first-order chi connectivity index (χ1) is 9.86. The van der Waals surface area contributed by atoms with E-state index in [0.717, 1.165) is 0 Å². The maximum atomic E-state index is 13.5. The number of sulfonamides is 1. The van der Waals surface area contributed by atoms with Gasteiger partial charge in [0.1, 0.15) is 5.82 Å². The van der Waals surface area contributed by atoms with Gasteiger partial charge in [0.15, 0.2) is 5.82 Å². The Kier molecular flexibility index (Phi) is 4.57. The first-order valence-corrected chi connectivity index (χ1v) is 7.68. The highest BCUT2D eigenvalue weighted by Gasteiger charge is 2.23. The highest BCUT2D eigenvalue weighted by atomic mass is 35.5. The average molecular weight is 335 g/mol. The summed E-state index contributed by atoms with van der Waals surface area (Å²) in [6.07, 6.45) is 0. The number of nitrogens with zero attached hydrogens (tertiary/aromatic N) is 3. The predicted molar refractivity (Wildman–Crippen MR) is 73.7 cm³/mol. The summed E-state index contributed by atoms with van der Waals surface area (Å²) in [5.41, 5.74) is 0.218. The van der Waals surface area contributed by atoms with Crippen LogP contribution in [0, 0.1) is 5.82 Å². The van der Waals surface area contributed by atoms with Gasteiger partial charge >= 0.3 is 0 Å². The predicted octanol–water partition coefficient (Wildman–Crippen LogP) is 1.03. The molecule has 1 aromatic carbocycles. The molecule has 0 bridgehead atoms. The summed E-state index contributed by atoms with van der Waals surface area (Å²) in [5, 5.41) is 11.8. The Bertz CT molecular complexity index is 763. The Morgan fingerprint density at radius 3 is 2.76 bits per heavy atom. The van der Waals surface area contributed by atoms with Crippen molar-refractivity contribution in [3.8, 4) is 11.4 Å². The Labute approximate surface area is 125 Å². The van der Waals surface area contributed by atoms with Crippen molar-refractivity contribution in [1.82, 2.24) is 14.8 Å². The van der Waals surface area contributed by atoms with Gasteiger partial charge in [-0.05, 0) is 12.1 Å². The number of nitrogens with two attached hydrogens (primary N) is 1. The third kappa shape index (κ3) is 3.21. The molecule has 0 aliphatic carbocycles. The van der Waals surface area contributed by atoms with E-state index >= 15 is 0 Å². The fourth-order valence-corrected chi connectivity index (χ4v) is 2.61. The first-order valence-electron chi connectivity index (χ1n) is 5.75. The van der Waals surface area contributed by atoms with Crippen molar-refractivity contribution in [3.63, 3.8) is 0 Å². The molecule has 2 N–H and O–H groups in total. The third-order valence-electron chi connectivity index (χ3n) is 2.68. The Hall–Kier alpha value is -1.55. The van der Waals surface area contributed by atoms with Crippen LogP contribution in [0.1, 0.15) is 0 Å². The lowest BCUT2D eigenvalue weighted by molar-refractivity contribution is 0.185. The average Bonchev–Trinajstić information content (AvgIpc) is 2.83. The van der Waals surface area contributed by atoms with Crippen molar-refractivity contribution >= 4 is 21.6 Å². The highest BCUT2D eigenvalue weighted by Crippen LogP contribution is 2.29. The number of halogens is 2. The molecule has 0 saturated carbocycles. The van der Waals surface area contributed by atoms with Gasteiger partial charge in [-0.3, -0.25) is 4.57 Å². The van der Waals surface area contributed by atoms with E-state index in [-0.39, 0.29) is 29.6 Å². The lowest BCUT2D eigenvalue weighted by Crippen LogP contribution is -2.20. The molecule has 0 radical (unpaired) electrons. The van der Waals surface area contributed by atoms with Gasteiger partial charge in [-0.15, -0.1) is 10.2 Å². The molecule has 0 amide bonds. The molecule has 1 aromatic heterocycles. The summed E-state index contributed by atoms with van der Waals surface area (Å²) in [5.74, 6) is -0.548. The quantitative estimate of drug-likeness (QED) is 0.880. The van der Waals surface area contributed by atoms with Gasteiger partial charge < -0.3 is 4.74 Å². The Morgan fingerprint density at radius 1 is 1.43 bits per heavy atom. The van der Waals surface area contributed by atoms with Crippen LogP contribution in [0.2, 0.25) is 5.02 Å². The summed E-state index contributed by atoms with van der Waals surface area (Å²) < 4.78 is 42.7. The van der Waals surface area contributed by atoms with Crippen LogP contribution in [0.15, 0.2) is 23.4 Å². The third-order valence-corrected chi connectivity index (χ3v) is 3.88. The van der Waals surface area contributed by atoms with Crippen LogP contribution in [0.4, 0.5) is 4.39 Å². The Balaban J connectivity index is 2.64. The van der Waals surface area contributed by atoms with Crippen molar-refractivity contribution in [3.05, 3.63) is 29.0 Å². The smallest absolute Gasteiger partial charge is 0.273 e. The fraction of sp³-hybridized carbons (Fsp3) is 0.273. The summed E-state index contributed by atoms with van der Waals surface area (Å²) >= 11 is 5.89. The molecule has 0 atom stereocenters. The molecule has 1 heterocycles. The highest BCUT2D eigenvalue weighted by molar-refractivity contribution is 7.89. The maximum absolute atomic E-state index is 13.5. The van der Waals surface area contributed by atoms with E-state index in [9.17, 15) is 12.8 Å². The van der Waals surface area contributed by atoms with Crippen LogP contribution in [-0.4, -0.2) is 36.9 Å². The van der Waals surface area contributed by atoms with Gasteiger partial charge in [-0.2, -0.15) is 0 Å². The molecule has 0 fully saturated rings. The molecular formula is C11H12ClFN4O3S. The van der Waals surface area contributed by atoms with Crippen molar-refractivity contribution in [1.29, 1.82) is 0 Å². The molecule has 2 rings (SSSR count). The van der Waals surface area contributed by atoms with E-state index in [4.69, 9.17) is 21.5 Å². The number of hydrogen-bond donors (Lipinski definition) is 1. The topological polar surface area (TPSA) is 100 Å². The number of methoxy groups -OCH3 is 1. The molecule has 7 nitrogen and oxygen atoms in total. The van der Waals surface area contributed by atoms with Gasteiger partial charge in [-0.1, -0.05) is 17.7 Å². The second-order valence-corrected chi connectivity index (χ2v) is 5.93. The van der Waals surface area contributed by atoms with E-state index in [0.29, 0.717) is 0 Å². The van der Waals surface area contributed by atoms with Crippen molar-refractivity contribution in [2.24, 2.45) is 5.14 Å². The molecule has 0 aliphatic rings. The lowest BCUT2D eigenvalue weighted by atomic mass is 10.2. The van der Waals surface area contributed by atoms with Crippen molar-refractivity contribution in [2.75, 3.05) is 13.7 Å². The van der Waals surface area contributed by atoms with Crippen LogP contribution in [-0.2, 0) is 21.3 Å². The number of primary sulfonamides is 1. The van der Waals surface area contributed by atoms with Crippen LogP contribution < -0.4 is 5.14 Å². The summed E-state index contributed by atoms with van der Waals surface area (Å²) in [4.78, 5) is 0. The van der Waals surface area contributed by atoms with Gasteiger partial charge in [0.05, 0.1) is 18.2 Å². The van der Waals surface area contributed by atoms with Gasteiger partial charge in [0.25, 0.3) is 15.2 Å². The van der Waals surface area contributed by atoms with E-state index in [1.165, 1.54) is 29.9 Å². The molecule has 2 aromatic rings. The zero-order valence-corrected chi connectivity index (χ0v) is 12.5. The molecule has 21 heavy (non-hydrogen) atoms. The largest absolute Gasteiger partial charge is 0.383 e. The molecule has 0 unspecified atom stereocenters. The summed E-state index contributed by atoms with van der Waals surface area (Å²) in [6.45, 7) is 0.317. The van der Waals surface area contributed by atoms with E-state index in [1.54, 1.807) is 0 Å². The SMILES string of the molecule is COCCn1c(-c2cccc(F)c2Cl)nnc1S(N)(=O)=O. The zero-order valence-electron chi connectivity index (χ0n) is 11.0. The molecule has 0 aliphatic heterocycles. The minimum Gasteiger partial charge on any atom is -0.383 e. The number of ether oxygens (including phenoxy) is 1. The standard InChI is InChI=1S/C11H12ClFN4O3S/c1-20-6-5-17-10(15-16-11(17)21(14,18)19)7-3-2-4-8(13)9(7)12/h2-4H,5-6H2,1H3,(H2,14,18,19). The molecular weight excluding hydrogens is 323 g/mol. The monoisotopic (exact) mass is 334 g/mol. The van der Waals surface area contributed by atoms with Gasteiger partial charge in [-0.25, -0.2) is 17.9 Å². The molecule has 0 saturated heterocycles. The minimum atomic E-state index is -4.08. The number of rotatable bonds is 5. The van der Waals surface area contributed by atoms with Crippen LogP contribution in [0.25, 0.3) is 11.4 Å². The molecule has 0 spiro atoms. The van der Waals surface area contributed by atoms with Gasteiger partial charge in [0.2, 0.25) is 0 Å². The molecule has 10 heteroatoms. The van der Waals surface area contributed by atoms with E-state index in [1.807, 2.05) is 0 Å². The lowest BCUT2D eigenvalue weighted by Gasteiger charge is -2.10. The number of benzene rings is 1. The van der Waals surface area contributed by atoms with Crippen molar-refractivity contribution < 1.29 is 17.5 Å². The normalized spacial score (nSPS) is 11.8. The maximum Gasteiger partial charge on any atom is 0.273 e. The fourth-order valence-electron chi connectivity index (χ4n) is 1.76. The van der Waals surface area contributed by atoms with E-state index < -0.39 is 21.0 Å². The summed E-state index contributed by atoms with van der Waals surface area (Å²) in [7, 11) is -2.62. The van der Waals surface area contributed by atoms with Crippen molar-refractivity contribution in [2.45, 2.75) is 11.7 Å². The first kappa shape index (κ1) is 15.8. The summed E-state index contributed by atoms with van der Waals surface area (Å²) in [6, 6.07) is 4.12. The second kappa shape index (κ2) is 6.06. The van der Waals surface area contributed by atoms with Crippen LogP contribution in [0.3, 0.4) is 0 Å². The Morgan fingerprint density at radius 2 is 2.14 bits per heavy atom. The number of aromatic nitrogens is 3. The second-order valence-electron chi connectivity index (χ2n) is 4.10. The van der Waals surface area contributed by atoms with Crippen LogP contribution >= 0.6 is 11.6 Å². The number of hydrogen-bond acceptors (Lipinski definition) is 5. The molecule has 114 valence electrons. The minimum absolute atomic E-state index is 0.0978. The van der Waals surface area contributed by atoms with Gasteiger partial charge in [0, 0.05) is 12.7 Å². The van der Waals surface area contributed by atoms with Crippen LogP contribution in [0.5, 0.6) is 0 Å². The zero-order chi connectivity index (χ0) is 15.6. The van der Waals surface area contributed by atoms with E-state index in [2.05, 4.69) is 10.2 Å².